The van der Waals surface area contributed by atoms with E-state index < -0.39 is 0 Å². The van der Waals surface area contributed by atoms with Crippen LogP contribution < -0.4 is 59.4 Å². The molecule has 0 amide bonds. The predicted molar refractivity (Wildman–Crippen MR) is 228 cm³/mol. The first-order chi connectivity index (χ1) is 22.9. The molecule has 5 N–H and O–H groups in total. The van der Waals surface area contributed by atoms with Crippen molar-refractivity contribution >= 4 is 148 Å². The van der Waals surface area contributed by atoms with E-state index in [4.69, 9.17) is 51.1 Å². The molecule has 0 aliphatic rings. The van der Waals surface area contributed by atoms with Gasteiger partial charge in [-0.3, -0.25) is 9.59 Å². The van der Waals surface area contributed by atoms with Crippen molar-refractivity contribution in [2.75, 3.05) is 5.32 Å². The Labute approximate surface area is 376 Å². The standard InChI is InChI=1S/C15H11ClN4OS.C11H11ClN2O.C4HClN2S.ClH.I3.HI.H2S/c1-8(19-15-18-7-11(6-17)22-15)12-5-9-4-10(16)2-3-13(9)20-14(12)21;1-6(13)9-5-7-4-8(12)2-3-10(7)14-11(9)15;5-4-7-2-3(1-6)8-4;;1-3-2;;/h2-5,7-8H,1H3,(H,18,19)(H,20,21);2-6H,13H2,1H3,(H,14,15);2H;1H;;1H;1H2/q;;;;-1;;/p-1/t8-;6-;;;;;/m00...../s1. The SMILES string of the molecule is C[C@H](N)c1cc2cc(Cl)ccc2[nH]c1=O.C[C@H](Nc1ncc(C#N)s1)c1cc2cc(Cl)ccc2[nH]c1=O.Cl.I[I-]I.N#Cc1cnc(Cl)s1.S.[I-]. The Morgan fingerprint density at radius 3 is 1.71 bits per heavy atom. The van der Waals surface area contributed by atoms with Crippen LogP contribution in [0.5, 0.6) is 0 Å². The van der Waals surface area contributed by atoms with E-state index in [1.807, 2.05) is 25.1 Å². The number of rotatable bonds is 4. The van der Waals surface area contributed by atoms with Crippen LogP contribution in [0.2, 0.25) is 14.5 Å². The fourth-order valence-electron chi connectivity index (χ4n) is 4.01. The number of fused-ring (bicyclic) bond motifs is 2. The molecule has 10 nitrogen and oxygen atoms in total. The van der Waals surface area contributed by atoms with Gasteiger partial charge < -0.3 is 45.0 Å². The average molecular weight is 1280 g/mol. The van der Waals surface area contributed by atoms with Crippen molar-refractivity contribution in [3.05, 3.63) is 117 Å². The molecule has 6 aromatic rings. The minimum absolute atomic E-state index is 0. The van der Waals surface area contributed by atoms with E-state index in [0.29, 0.717) is 53.8 Å². The number of nitrogens with two attached hydrogens (primary N) is 1. The number of H-pyrrole nitrogens is 2. The number of nitrogens with zero attached hydrogens (tertiary/aromatic N) is 4. The van der Waals surface area contributed by atoms with Gasteiger partial charge in [0.25, 0.3) is 11.1 Å². The molecule has 0 aliphatic carbocycles. The molecule has 0 saturated carbocycles. The predicted octanol–water partition coefficient (Wildman–Crippen LogP) is 3.87. The average Bonchev–Trinajstić information content (AvgIpc) is 3.70. The number of nitriles is 2. The van der Waals surface area contributed by atoms with Crippen LogP contribution >= 0.6 is 121 Å². The van der Waals surface area contributed by atoms with Crippen LogP contribution in [-0.2, 0) is 0 Å². The summed E-state index contributed by atoms with van der Waals surface area (Å²) in [4.78, 5) is 38.3. The summed E-state index contributed by atoms with van der Waals surface area (Å²) in [6.07, 6.45) is 2.96. The third-order valence-corrected chi connectivity index (χ3v) is 8.49. The Bertz CT molecular complexity index is 2220. The van der Waals surface area contributed by atoms with Gasteiger partial charge in [-0.05, 0) is 62.4 Å². The first kappa shape index (κ1) is 50.3. The molecule has 0 radical (unpaired) electrons. The van der Waals surface area contributed by atoms with Crippen molar-refractivity contribution < 1.29 is 37.2 Å². The molecule has 0 fully saturated rings. The second kappa shape index (κ2) is 25.4. The number of anilines is 1. The van der Waals surface area contributed by atoms with Gasteiger partial charge >= 0.3 is 50.5 Å². The quantitative estimate of drug-likeness (QED) is 0.193. The number of benzene rings is 2. The van der Waals surface area contributed by atoms with E-state index in [1.165, 1.54) is 35.1 Å². The van der Waals surface area contributed by atoms with Gasteiger partial charge in [0.1, 0.15) is 21.9 Å². The molecule has 0 spiro atoms. The van der Waals surface area contributed by atoms with Crippen LogP contribution in [0.4, 0.5) is 5.13 Å². The zero-order valence-corrected chi connectivity index (χ0v) is 40.3. The minimum Gasteiger partial charge on any atom is -1.00 e. The largest absolute Gasteiger partial charge is 1.00 e. The maximum Gasteiger partial charge on any atom is 0.184 e. The van der Waals surface area contributed by atoms with Gasteiger partial charge in [0.15, 0.2) is 9.60 Å². The van der Waals surface area contributed by atoms with Crippen molar-refractivity contribution in [3.8, 4) is 12.1 Å². The van der Waals surface area contributed by atoms with Crippen molar-refractivity contribution in [1.82, 2.24) is 19.9 Å². The van der Waals surface area contributed by atoms with Crippen molar-refractivity contribution in [3.63, 3.8) is 0 Å². The van der Waals surface area contributed by atoms with Crippen LogP contribution in [0, 0.1) is 22.7 Å². The van der Waals surface area contributed by atoms with E-state index in [-0.39, 0.29) is 73.1 Å². The van der Waals surface area contributed by atoms with Gasteiger partial charge in [0, 0.05) is 49.0 Å². The fraction of sp³-hybridized carbons (Fsp3) is 0.133. The molecule has 51 heavy (non-hydrogen) atoms. The minimum atomic E-state index is -0.280. The molecule has 6 rings (SSSR count). The van der Waals surface area contributed by atoms with Crippen LogP contribution in [-0.4, -0.2) is 19.9 Å². The summed E-state index contributed by atoms with van der Waals surface area (Å²) in [5, 5.41) is 23.8. The third kappa shape index (κ3) is 15.9. The summed E-state index contributed by atoms with van der Waals surface area (Å²) >= 11 is 25.0. The molecule has 274 valence electrons. The van der Waals surface area contributed by atoms with E-state index >= 15 is 0 Å². The van der Waals surface area contributed by atoms with Gasteiger partial charge in [-0.15, -0.1) is 12.4 Å². The molecule has 21 heteroatoms. The smallest absolute Gasteiger partial charge is 0.184 e. The van der Waals surface area contributed by atoms with E-state index in [2.05, 4.69) is 62.5 Å². The fourth-order valence-corrected chi connectivity index (χ4v) is 5.81. The van der Waals surface area contributed by atoms with E-state index in [0.717, 1.165) is 21.8 Å². The zero-order valence-electron chi connectivity index (χ0n) is 26.0. The summed E-state index contributed by atoms with van der Waals surface area (Å²) < 4.78 is 0.418. The molecular formula is C30H26Cl4I4N8O2S3-2. The summed E-state index contributed by atoms with van der Waals surface area (Å²) in [6, 6.07) is 17.7. The summed E-state index contributed by atoms with van der Waals surface area (Å²) in [5.41, 5.74) is 8.07. The second-order valence-corrected chi connectivity index (χ2v) is 29.3. The van der Waals surface area contributed by atoms with Gasteiger partial charge in [-0.25, -0.2) is 9.97 Å². The molecule has 4 aromatic heterocycles. The van der Waals surface area contributed by atoms with Crippen LogP contribution in [0.1, 0.15) is 46.8 Å². The molecule has 2 aromatic carbocycles. The molecular weight excluding hydrogens is 1250 g/mol. The van der Waals surface area contributed by atoms with Crippen molar-refractivity contribution in [1.29, 1.82) is 10.5 Å². The molecule has 0 unspecified atom stereocenters. The Morgan fingerprint density at radius 2 is 1.29 bits per heavy atom. The second-order valence-electron chi connectivity index (χ2n) is 9.51. The first-order valence-electron chi connectivity index (χ1n) is 13.3. The number of aromatic amines is 2. The Hall–Kier alpha value is -0.710. The van der Waals surface area contributed by atoms with Crippen LogP contribution in [0.25, 0.3) is 21.8 Å². The Morgan fingerprint density at radius 1 is 0.843 bits per heavy atom. The molecule has 2 atom stereocenters. The molecule has 0 bridgehead atoms. The van der Waals surface area contributed by atoms with Gasteiger partial charge in [-0.2, -0.15) is 24.0 Å². The number of pyridine rings is 2. The number of thiazole rings is 2. The number of halogens is 8. The monoisotopic (exact) mass is 1270 g/mol. The molecule has 0 saturated heterocycles. The van der Waals surface area contributed by atoms with Crippen LogP contribution in [0.15, 0.2) is 70.5 Å². The zero-order chi connectivity index (χ0) is 35.4. The van der Waals surface area contributed by atoms with E-state index in [9.17, 15) is 9.59 Å². The van der Waals surface area contributed by atoms with Crippen molar-refractivity contribution in [2.45, 2.75) is 25.9 Å². The Balaban J connectivity index is 0.000000750. The topological polar surface area (TPSA) is 177 Å². The maximum atomic E-state index is 12.2. The van der Waals surface area contributed by atoms with E-state index in [1.54, 1.807) is 49.4 Å². The summed E-state index contributed by atoms with van der Waals surface area (Å²) in [6.45, 7) is 3.65. The number of hydrogen-bond donors (Lipinski definition) is 4. The van der Waals surface area contributed by atoms with Crippen LogP contribution in [0.3, 0.4) is 0 Å². The number of aromatic nitrogens is 4. The summed E-state index contributed by atoms with van der Waals surface area (Å²) in [5.74, 6) is 0. The van der Waals surface area contributed by atoms with Gasteiger partial charge in [0.2, 0.25) is 0 Å². The normalized spacial score (nSPS) is 10.8. The first-order valence-corrected chi connectivity index (χ1v) is 28.6. The summed E-state index contributed by atoms with van der Waals surface area (Å²) in [7, 11) is 0. The number of nitrogens with one attached hydrogen (secondary N) is 3. The van der Waals surface area contributed by atoms with Crippen molar-refractivity contribution in [2.24, 2.45) is 5.73 Å². The Kier molecular flexibility index (Phi) is 25.0. The number of hydrogen-bond acceptors (Lipinski definition) is 10. The maximum absolute atomic E-state index is 12.2. The third-order valence-electron chi connectivity index (χ3n) is 6.17. The molecule has 0 aliphatic heterocycles. The van der Waals surface area contributed by atoms with Gasteiger partial charge in [0.05, 0.1) is 18.4 Å². The van der Waals surface area contributed by atoms with Gasteiger partial charge in [-0.1, -0.05) is 57.5 Å². The molecule has 4 heterocycles.